The van der Waals surface area contributed by atoms with Gasteiger partial charge >= 0.3 is 6.18 Å². The van der Waals surface area contributed by atoms with Crippen LogP contribution in [0.5, 0.6) is 0 Å². The van der Waals surface area contributed by atoms with Gasteiger partial charge in [0.25, 0.3) is 0 Å². The highest BCUT2D eigenvalue weighted by atomic mass is 35.5. The van der Waals surface area contributed by atoms with Crippen LogP contribution in [-0.4, -0.2) is 49.6 Å². The maximum absolute atomic E-state index is 13.3. The third-order valence-electron chi connectivity index (χ3n) is 4.26. The molecule has 152 valence electrons. The Labute approximate surface area is 165 Å². The molecule has 2 aromatic rings. The number of anilines is 3. The van der Waals surface area contributed by atoms with Crippen molar-refractivity contribution < 1.29 is 22.5 Å². The van der Waals surface area contributed by atoms with E-state index in [1.807, 2.05) is 0 Å². The van der Waals surface area contributed by atoms with E-state index in [9.17, 15) is 17.7 Å². The van der Waals surface area contributed by atoms with Crippen molar-refractivity contribution in [2.45, 2.75) is 6.18 Å². The van der Waals surface area contributed by atoms with E-state index in [1.165, 1.54) is 0 Å². The normalized spacial score (nSPS) is 15.6. The summed E-state index contributed by atoms with van der Waals surface area (Å²) in [6, 6.07) is 5.11. The Morgan fingerprint density at radius 1 is 1.25 bits per heavy atom. The van der Waals surface area contributed by atoms with Crippen molar-refractivity contribution in [3.8, 4) is 0 Å². The zero-order chi connectivity index (χ0) is 20.5. The molecular formula is C17H19ClF3N4O2P. The molecule has 1 N–H and O–H groups in total. The Morgan fingerprint density at radius 2 is 1.93 bits per heavy atom. The van der Waals surface area contributed by atoms with E-state index in [1.54, 1.807) is 31.5 Å². The lowest BCUT2D eigenvalue weighted by molar-refractivity contribution is -0.137. The maximum Gasteiger partial charge on any atom is 0.421 e. The third-order valence-corrected chi connectivity index (χ3v) is 5.97. The Kier molecular flexibility index (Phi) is 5.89. The quantitative estimate of drug-likeness (QED) is 0.580. The Hall–Kier alpha value is -1.83. The highest BCUT2D eigenvalue weighted by Crippen LogP contribution is 2.41. The number of halogens is 4. The zero-order valence-electron chi connectivity index (χ0n) is 15.3. The second-order valence-corrected chi connectivity index (χ2v) is 10.2. The summed E-state index contributed by atoms with van der Waals surface area (Å²) in [4.78, 5) is 9.17. The van der Waals surface area contributed by atoms with E-state index in [2.05, 4.69) is 20.2 Å². The largest absolute Gasteiger partial charge is 0.421 e. The van der Waals surface area contributed by atoms with Crippen molar-refractivity contribution in [1.82, 2.24) is 9.97 Å². The standard InChI is InChI=1S/C17H19ClF3N4O2P/c1-28(2,26)14-9-11(25-5-7-27-8-6-25)3-4-13(14)23-15-12(17(19,20)21)10-22-16(18)24-15/h3-4,9-10H,5-8H2,1-2H3,(H,22,23,24). The summed E-state index contributed by atoms with van der Waals surface area (Å²) in [5.74, 6) is -0.485. The number of aromatic nitrogens is 2. The molecule has 0 atom stereocenters. The molecule has 11 heteroatoms. The van der Waals surface area contributed by atoms with Gasteiger partial charge in [-0.25, -0.2) is 4.98 Å². The molecule has 28 heavy (non-hydrogen) atoms. The molecule has 0 aliphatic carbocycles. The van der Waals surface area contributed by atoms with Crippen molar-refractivity contribution in [3.63, 3.8) is 0 Å². The Balaban J connectivity index is 2.03. The summed E-state index contributed by atoms with van der Waals surface area (Å²) in [6.45, 7) is 5.66. The van der Waals surface area contributed by atoms with Gasteiger partial charge in [0, 0.05) is 30.3 Å². The van der Waals surface area contributed by atoms with Gasteiger partial charge in [0.05, 0.1) is 18.9 Å². The van der Waals surface area contributed by atoms with Crippen molar-refractivity contribution in [2.75, 3.05) is 49.8 Å². The predicted octanol–water partition coefficient (Wildman–Crippen LogP) is 3.98. The van der Waals surface area contributed by atoms with Crippen molar-refractivity contribution >= 4 is 41.2 Å². The monoisotopic (exact) mass is 434 g/mol. The Morgan fingerprint density at radius 3 is 2.54 bits per heavy atom. The summed E-state index contributed by atoms with van der Waals surface area (Å²) in [7, 11) is -2.82. The van der Waals surface area contributed by atoms with Crippen molar-refractivity contribution in [2.24, 2.45) is 0 Å². The van der Waals surface area contributed by atoms with E-state index in [0.717, 1.165) is 5.69 Å². The minimum Gasteiger partial charge on any atom is -0.378 e. The van der Waals surface area contributed by atoms with Gasteiger partial charge in [0.15, 0.2) is 0 Å². The highest BCUT2D eigenvalue weighted by Gasteiger charge is 2.35. The molecule has 0 saturated carbocycles. The first-order chi connectivity index (χ1) is 13.1. The van der Waals surface area contributed by atoms with Crippen molar-refractivity contribution in [3.05, 3.63) is 35.2 Å². The van der Waals surface area contributed by atoms with Crippen LogP contribution in [0.2, 0.25) is 5.28 Å². The number of benzene rings is 1. The lowest BCUT2D eigenvalue weighted by atomic mass is 10.2. The van der Waals surface area contributed by atoms with Crippen LogP contribution in [0.1, 0.15) is 5.56 Å². The number of hydrogen-bond donors (Lipinski definition) is 1. The number of ether oxygens (including phenoxy) is 1. The fraction of sp³-hybridized carbons (Fsp3) is 0.412. The van der Waals surface area contributed by atoms with Crippen LogP contribution >= 0.6 is 18.7 Å². The number of morpholine rings is 1. The maximum atomic E-state index is 13.3. The number of hydrogen-bond acceptors (Lipinski definition) is 6. The number of nitrogens with one attached hydrogen (secondary N) is 1. The van der Waals surface area contributed by atoms with E-state index >= 15 is 0 Å². The van der Waals surface area contributed by atoms with Gasteiger partial charge in [-0.3, -0.25) is 0 Å². The minimum absolute atomic E-state index is 0.283. The Bertz CT molecular complexity index is 914. The molecule has 1 saturated heterocycles. The van der Waals surface area contributed by atoms with Crippen molar-refractivity contribution in [1.29, 1.82) is 0 Å². The number of nitrogens with zero attached hydrogens (tertiary/aromatic N) is 3. The van der Waals surface area contributed by atoms with Gasteiger partial charge in [-0.2, -0.15) is 18.2 Å². The van der Waals surface area contributed by atoms with Crippen LogP contribution in [0.3, 0.4) is 0 Å². The van der Waals surface area contributed by atoms with Crippen LogP contribution in [0.4, 0.5) is 30.4 Å². The van der Waals surface area contributed by atoms with Crippen LogP contribution in [0, 0.1) is 0 Å². The smallest absolute Gasteiger partial charge is 0.378 e. The SMILES string of the molecule is CP(C)(=O)c1cc(N2CCOCC2)ccc1Nc1nc(Cl)ncc1C(F)(F)F. The van der Waals surface area contributed by atoms with Crippen LogP contribution in [-0.2, 0) is 15.5 Å². The average molecular weight is 435 g/mol. The zero-order valence-corrected chi connectivity index (χ0v) is 16.9. The van der Waals surface area contributed by atoms with Gasteiger partial charge in [0.1, 0.15) is 18.5 Å². The number of alkyl halides is 3. The van der Waals surface area contributed by atoms with E-state index in [-0.39, 0.29) is 11.0 Å². The molecule has 0 unspecified atom stereocenters. The molecule has 1 aromatic heterocycles. The third kappa shape index (κ3) is 4.77. The molecule has 0 radical (unpaired) electrons. The molecule has 1 aliphatic heterocycles. The van der Waals surface area contributed by atoms with Gasteiger partial charge in [-0.15, -0.1) is 0 Å². The van der Waals surface area contributed by atoms with E-state index in [0.29, 0.717) is 37.8 Å². The second-order valence-electron chi connectivity index (χ2n) is 6.68. The first kappa shape index (κ1) is 20.9. The van der Waals surface area contributed by atoms with Gasteiger partial charge in [-0.05, 0) is 43.1 Å². The second kappa shape index (κ2) is 7.89. The lowest BCUT2D eigenvalue weighted by Crippen LogP contribution is -2.36. The predicted molar refractivity (Wildman–Crippen MR) is 104 cm³/mol. The van der Waals surface area contributed by atoms with Crippen LogP contribution in [0.25, 0.3) is 0 Å². The lowest BCUT2D eigenvalue weighted by Gasteiger charge is -2.30. The fourth-order valence-corrected chi connectivity index (χ4v) is 4.17. The molecule has 0 amide bonds. The molecule has 1 aromatic carbocycles. The van der Waals surface area contributed by atoms with Crippen LogP contribution < -0.4 is 15.5 Å². The first-order valence-corrected chi connectivity index (χ1v) is 11.4. The molecule has 0 spiro atoms. The molecule has 6 nitrogen and oxygen atoms in total. The van der Waals surface area contributed by atoms with Crippen LogP contribution in [0.15, 0.2) is 24.4 Å². The minimum atomic E-state index is -4.66. The summed E-state index contributed by atoms with van der Waals surface area (Å²) in [5, 5.41) is 2.76. The molecule has 1 fully saturated rings. The van der Waals surface area contributed by atoms with Gasteiger partial charge in [-0.1, -0.05) is 0 Å². The van der Waals surface area contributed by atoms with Gasteiger partial charge in [0.2, 0.25) is 5.28 Å². The topological polar surface area (TPSA) is 67.3 Å². The molecule has 1 aliphatic rings. The molecule has 2 heterocycles. The highest BCUT2D eigenvalue weighted by molar-refractivity contribution is 7.70. The summed E-state index contributed by atoms with van der Waals surface area (Å²) >= 11 is 5.69. The average Bonchev–Trinajstić information content (AvgIpc) is 2.61. The molecule has 3 rings (SSSR count). The summed E-state index contributed by atoms with van der Waals surface area (Å²) < 4.78 is 58.0. The molecular weight excluding hydrogens is 416 g/mol. The van der Waals surface area contributed by atoms with E-state index in [4.69, 9.17) is 16.3 Å². The summed E-state index contributed by atoms with van der Waals surface area (Å²) in [6.07, 6.45) is -4.04. The summed E-state index contributed by atoms with van der Waals surface area (Å²) in [5.41, 5.74) is 0.0669. The first-order valence-electron chi connectivity index (χ1n) is 8.45. The number of rotatable bonds is 4. The fourth-order valence-electron chi connectivity index (χ4n) is 2.88. The van der Waals surface area contributed by atoms with E-state index < -0.39 is 24.7 Å². The van der Waals surface area contributed by atoms with Gasteiger partial charge < -0.3 is 19.5 Å². The molecule has 0 bridgehead atoms.